The Morgan fingerprint density at radius 3 is 2.74 bits per heavy atom. The van der Waals surface area contributed by atoms with Crippen LogP contribution in [0.4, 0.5) is 5.69 Å². The van der Waals surface area contributed by atoms with E-state index in [-0.39, 0.29) is 17.9 Å². The molecule has 2 rings (SSSR count). The zero-order valence-electron chi connectivity index (χ0n) is 9.54. The molecule has 2 aromatic rings. The molecule has 1 aromatic carbocycles. The number of rotatable bonds is 5. The standard InChI is InChI=1S/C12H8ClNO4S/c13-12-4-2-10(19-12)7-18-11-3-1-9(14(16)17)5-8(11)6-15/h1-6H,7H2. The lowest BCUT2D eigenvalue weighted by molar-refractivity contribution is -0.384. The molecular formula is C12H8ClNO4S. The van der Waals surface area contributed by atoms with Gasteiger partial charge in [0.05, 0.1) is 14.8 Å². The zero-order chi connectivity index (χ0) is 13.8. The minimum Gasteiger partial charge on any atom is -0.487 e. The topological polar surface area (TPSA) is 69.4 Å². The molecule has 98 valence electrons. The highest BCUT2D eigenvalue weighted by Gasteiger charge is 2.11. The number of non-ortho nitro benzene ring substituents is 1. The van der Waals surface area contributed by atoms with Crippen molar-refractivity contribution < 1.29 is 14.5 Å². The summed E-state index contributed by atoms with van der Waals surface area (Å²) < 4.78 is 6.11. The first-order valence-corrected chi connectivity index (χ1v) is 6.40. The molecule has 7 heteroatoms. The highest BCUT2D eigenvalue weighted by Crippen LogP contribution is 2.26. The molecule has 0 N–H and O–H groups in total. The van der Waals surface area contributed by atoms with E-state index in [0.29, 0.717) is 16.4 Å². The first-order valence-electron chi connectivity index (χ1n) is 5.21. The fraction of sp³-hybridized carbons (Fsp3) is 0.0833. The molecule has 19 heavy (non-hydrogen) atoms. The number of carbonyl (C=O) groups is 1. The Hall–Kier alpha value is -1.92. The number of ether oxygens (including phenoxy) is 1. The van der Waals surface area contributed by atoms with E-state index in [1.54, 1.807) is 6.07 Å². The van der Waals surface area contributed by atoms with Gasteiger partial charge in [0, 0.05) is 17.0 Å². The number of halogens is 1. The molecule has 0 bridgehead atoms. The van der Waals surface area contributed by atoms with Crippen molar-refractivity contribution in [2.45, 2.75) is 6.61 Å². The largest absolute Gasteiger partial charge is 0.487 e. The van der Waals surface area contributed by atoms with Gasteiger partial charge in [0.1, 0.15) is 12.4 Å². The number of nitro benzene ring substituents is 1. The third kappa shape index (κ3) is 3.30. The SMILES string of the molecule is O=Cc1cc([N+](=O)[O-])ccc1OCc1ccc(Cl)s1. The van der Waals surface area contributed by atoms with Crippen LogP contribution in [0.5, 0.6) is 5.75 Å². The van der Waals surface area contributed by atoms with Gasteiger partial charge in [-0.3, -0.25) is 14.9 Å². The Morgan fingerprint density at radius 1 is 1.37 bits per heavy atom. The van der Waals surface area contributed by atoms with Gasteiger partial charge in [0.25, 0.3) is 5.69 Å². The fourth-order valence-electron chi connectivity index (χ4n) is 1.45. The maximum Gasteiger partial charge on any atom is 0.270 e. The summed E-state index contributed by atoms with van der Waals surface area (Å²) in [5.41, 5.74) is 0.00507. The van der Waals surface area contributed by atoms with E-state index in [4.69, 9.17) is 16.3 Å². The maximum atomic E-state index is 10.9. The van der Waals surface area contributed by atoms with Gasteiger partial charge in [-0.1, -0.05) is 11.6 Å². The Bertz CT molecular complexity index is 626. The van der Waals surface area contributed by atoms with Crippen molar-refractivity contribution in [3.63, 3.8) is 0 Å². The molecule has 0 saturated carbocycles. The van der Waals surface area contributed by atoms with Crippen LogP contribution in [-0.4, -0.2) is 11.2 Å². The van der Waals surface area contributed by atoms with Crippen molar-refractivity contribution >= 4 is 34.9 Å². The van der Waals surface area contributed by atoms with Crippen LogP contribution in [-0.2, 0) is 6.61 Å². The monoisotopic (exact) mass is 297 g/mol. The highest BCUT2D eigenvalue weighted by molar-refractivity contribution is 7.16. The van der Waals surface area contributed by atoms with Gasteiger partial charge in [-0.25, -0.2) is 0 Å². The molecule has 0 atom stereocenters. The van der Waals surface area contributed by atoms with Crippen molar-refractivity contribution in [3.05, 3.63) is 55.2 Å². The van der Waals surface area contributed by atoms with Crippen molar-refractivity contribution in [1.29, 1.82) is 0 Å². The summed E-state index contributed by atoms with van der Waals surface area (Å²) in [6.07, 6.45) is 0.531. The molecule has 0 aliphatic rings. The molecule has 0 spiro atoms. The summed E-state index contributed by atoms with van der Waals surface area (Å²) in [6, 6.07) is 7.46. The normalized spacial score (nSPS) is 10.2. The van der Waals surface area contributed by atoms with Crippen molar-refractivity contribution in [2.24, 2.45) is 0 Å². The lowest BCUT2D eigenvalue weighted by atomic mass is 10.2. The van der Waals surface area contributed by atoms with Crippen LogP contribution in [0.25, 0.3) is 0 Å². The second-order valence-electron chi connectivity index (χ2n) is 3.59. The van der Waals surface area contributed by atoms with E-state index in [2.05, 4.69) is 0 Å². The van der Waals surface area contributed by atoms with E-state index >= 15 is 0 Å². The smallest absolute Gasteiger partial charge is 0.270 e. The molecule has 0 aliphatic heterocycles. The summed E-state index contributed by atoms with van der Waals surface area (Å²) in [4.78, 5) is 21.8. The summed E-state index contributed by atoms with van der Waals surface area (Å²) in [5, 5.41) is 10.6. The number of aldehydes is 1. The average Bonchev–Trinajstić information content (AvgIpc) is 2.81. The van der Waals surface area contributed by atoms with Gasteiger partial charge in [0.2, 0.25) is 0 Å². The lowest BCUT2D eigenvalue weighted by Gasteiger charge is -2.06. The summed E-state index contributed by atoms with van der Waals surface area (Å²) in [5.74, 6) is 0.310. The first-order chi connectivity index (χ1) is 9.10. The number of thiophene rings is 1. The van der Waals surface area contributed by atoms with Crippen molar-refractivity contribution in [3.8, 4) is 5.75 Å². The van der Waals surface area contributed by atoms with E-state index in [0.717, 1.165) is 4.88 Å². The van der Waals surface area contributed by atoms with E-state index in [1.807, 2.05) is 6.07 Å². The van der Waals surface area contributed by atoms with Crippen LogP contribution in [0.1, 0.15) is 15.2 Å². The fourth-order valence-corrected chi connectivity index (χ4v) is 2.45. The van der Waals surface area contributed by atoms with Crippen molar-refractivity contribution in [2.75, 3.05) is 0 Å². The van der Waals surface area contributed by atoms with Gasteiger partial charge in [-0.2, -0.15) is 0 Å². The molecular weight excluding hydrogens is 290 g/mol. The number of hydrogen-bond donors (Lipinski definition) is 0. The molecule has 0 unspecified atom stereocenters. The highest BCUT2D eigenvalue weighted by atomic mass is 35.5. The number of benzene rings is 1. The summed E-state index contributed by atoms with van der Waals surface area (Å²) in [6.45, 7) is 0.260. The van der Waals surface area contributed by atoms with Crippen LogP contribution in [0, 0.1) is 10.1 Å². The first kappa shape index (κ1) is 13.5. The third-order valence-electron chi connectivity index (χ3n) is 2.33. The van der Waals surface area contributed by atoms with Crippen LogP contribution in [0.3, 0.4) is 0 Å². The minimum absolute atomic E-state index is 0.145. The van der Waals surface area contributed by atoms with Gasteiger partial charge in [-0.05, 0) is 18.2 Å². The lowest BCUT2D eigenvalue weighted by Crippen LogP contribution is -1.98. The van der Waals surface area contributed by atoms with Gasteiger partial charge < -0.3 is 4.74 Å². The molecule has 0 radical (unpaired) electrons. The van der Waals surface area contributed by atoms with Crippen molar-refractivity contribution in [1.82, 2.24) is 0 Å². The molecule has 1 aromatic heterocycles. The van der Waals surface area contributed by atoms with Gasteiger partial charge in [-0.15, -0.1) is 11.3 Å². The third-order valence-corrected chi connectivity index (χ3v) is 3.53. The van der Waals surface area contributed by atoms with E-state index in [9.17, 15) is 14.9 Å². The Kier molecular flexibility index (Phi) is 4.13. The summed E-state index contributed by atoms with van der Waals surface area (Å²) >= 11 is 7.16. The summed E-state index contributed by atoms with van der Waals surface area (Å²) in [7, 11) is 0. The van der Waals surface area contributed by atoms with Crippen LogP contribution < -0.4 is 4.74 Å². The molecule has 0 aliphatic carbocycles. The molecule has 5 nitrogen and oxygen atoms in total. The van der Waals surface area contributed by atoms with Crippen LogP contribution in [0.2, 0.25) is 4.34 Å². The Morgan fingerprint density at radius 2 is 2.16 bits per heavy atom. The zero-order valence-corrected chi connectivity index (χ0v) is 11.1. The Balaban J connectivity index is 2.15. The van der Waals surface area contributed by atoms with Crippen LogP contribution in [0.15, 0.2) is 30.3 Å². The number of nitrogens with zero attached hydrogens (tertiary/aromatic N) is 1. The number of nitro groups is 1. The molecule has 0 amide bonds. The van der Waals surface area contributed by atoms with Gasteiger partial charge in [0.15, 0.2) is 6.29 Å². The molecule has 1 heterocycles. The second kappa shape index (κ2) is 5.81. The van der Waals surface area contributed by atoms with Gasteiger partial charge >= 0.3 is 0 Å². The van der Waals surface area contributed by atoms with E-state index < -0.39 is 4.92 Å². The quantitative estimate of drug-likeness (QED) is 0.479. The van der Waals surface area contributed by atoms with E-state index in [1.165, 1.54) is 29.5 Å². The predicted octanol–water partition coefficient (Wildman–Crippen LogP) is 3.70. The average molecular weight is 298 g/mol. The number of hydrogen-bond acceptors (Lipinski definition) is 5. The maximum absolute atomic E-state index is 10.9. The van der Waals surface area contributed by atoms with Crippen LogP contribution >= 0.6 is 22.9 Å². The second-order valence-corrected chi connectivity index (χ2v) is 5.39. The molecule has 0 fully saturated rings. The predicted molar refractivity (Wildman–Crippen MR) is 72.1 cm³/mol. The number of carbonyl (C=O) groups excluding carboxylic acids is 1. The minimum atomic E-state index is -0.560. The Labute approximate surface area is 117 Å². The molecule has 0 saturated heterocycles.